The van der Waals surface area contributed by atoms with E-state index in [-0.39, 0.29) is 17.0 Å². The van der Waals surface area contributed by atoms with Gasteiger partial charge in [0, 0.05) is 30.9 Å². The van der Waals surface area contributed by atoms with Gasteiger partial charge in [0.25, 0.3) is 5.91 Å². The summed E-state index contributed by atoms with van der Waals surface area (Å²) in [6, 6.07) is 6.69. The number of hydrogen-bond donors (Lipinski definition) is 2. The van der Waals surface area contributed by atoms with Crippen LogP contribution in [-0.2, 0) is 4.74 Å². The number of anilines is 2. The van der Waals surface area contributed by atoms with Gasteiger partial charge in [-0.2, -0.15) is 0 Å². The predicted octanol–water partition coefficient (Wildman–Crippen LogP) is 2.08. The average molecular weight is 386 g/mol. The van der Waals surface area contributed by atoms with Crippen LogP contribution in [0.3, 0.4) is 0 Å². The fourth-order valence-electron chi connectivity index (χ4n) is 3.00. The highest BCUT2D eigenvalue weighted by Crippen LogP contribution is 2.39. The molecule has 4 rings (SSSR count). The van der Waals surface area contributed by atoms with Crippen LogP contribution in [-0.4, -0.2) is 49.3 Å². The number of pyridine rings is 1. The second kappa shape index (κ2) is 7.37. The van der Waals surface area contributed by atoms with Gasteiger partial charge < -0.3 is 19.4 Å². The predicted molar refractivity (Wildman–Crippen MR) is 104 cm³/mol. The van der Waals surface area contributed by atoms with Crippen LogP contribution in [0.25, 0.3) is 10.2 Å². The molecule has 1 aromatic carbocycles. The first-order chi connectivity index (χ1) is 13.2. The number of morpholine rings is 1. The first-order valence-electron chi connectivity index (χ1n) is 8.46. The number of aromatic nitrogens is 2. The van der Waals surface area contributed by atoms with Crippen molar-refractivity contribution in [3.05, 3.63) is 46.4 Å². The van der Waals surface area contributed by atoms with Gasteiger partial charge >= 0.3 is 0 Å². The van der Waals surface area contributed by atoms with E-state index in [4.69, 9.17) is 9.47 Å². The van der Waals surface area contributed by atoms with Crippen molar-refractivity contribution in [1.29, 1.82) is 0 Å². The fourth-order valence-corrected chi connectivity index (χ4v) is 4.02. The van der Waals surface area contributed by atoms with Crippen LogP contribution in [0.15, 0.2) is 35.3 Å². The number of H-pyrrole nitrogens is 1. The van der Waals surface area contributed by atoms with E-state index < -0.39 is 0 Å². The Bertz CT molecular complexity index is 1040. The lowest BCUT2D eigenvalue weighted by atomic mass is 10.2. The van der Waals surface area contributed by atoms with Crippen LogP contribution in [0.4, 0.5) is 10.8 Å². The molecule has 1 fully saturated rings. The first kappa shape index (κ1) is 17.5. The number of carbonyl (C=O) groups is 1. The molecule has 0 spiro atoms. The number of fused-ring (bicyclic) bond motifs is 1. The van der Waals surface area contributed by atoms with Crippen LogP contribution in [0.2, 0.25) is 0 Å². The number of ether oxygens (including phenoxy) is 2. The van der Waals surface area contributed by atoms with E-state index in [0.29, 0.717) is 29.6 Å². The maximum Gasteiger partial charge on any atom is 0.257 e. The zero-order valence-corrected chi connectivity index (χ0v) is 15.5. The zero-order chi connectivity index (χ0) is 18.8. The number of methoxy groups -OCH3 is 1. The van der Waals surface area contributed by atoms with Crippen LogP contribution in [0, 0.1) is 0 Å². The molecule has 0 aliphatic carbocycles. The number of carbonyl (C=O) groups excluding carboxylic acids is 1. The van der Waals surface area contributed by atoms with E-state index in [1.54, 1.807) is 13.2 Å². The molecular formula is C18H18N4O4S. The molecule has 0 unspecified atom stereocenters. The van der Waals surface area contributed by atoms with Gasteiger partial charge in [0.1, 0.15) is 11.3 Å². The molecule has 0 atom stereocenters. The molecule has 2 aromatic heterocycles. The highest BCUT2D eigenvalue weighted by molar-refractivity contribution is 7.23. The average Bonchev–Trinajstić information content (AvgIpc) is 3.11. The third kappa shape index (κ3) is 3.51. The quantitative estimate of drug-likeness (QED) is 0.713. The second-order valence-corrected chi connectivity index (χ2v) is 6.98. The molecule has 3 aromatic rings. The summed E-state index contributed by atoms with van der Waals surface area (Å²) in [5.74, 6) is 0.266. The summed E-state index contributed by atoms with van der Waals surface area (Å²) < 4.78 is 11.8. The Balaban J connectivity index is 1.69. The Morgan fingerprint density at radius 1 is 1.33 bits per heavy atom. The monoisotopic (exact) mass is 386 g/mol. The number of nitrogens with zero attached hydrogens (tertiary/aromatic N) is 2. The fraction of sp³-hybridized carbons (Fsp3) is 0.278. The number of rotatable bonds is 4. The van der Waals surface area contributed by atoms with Crippen molar-refractivity contribution in [3.63, 3.8) is 0 Å². The van der Waals surface area contributed by atoms with Gasteiger partial charge in [-0.3, -0.25) is 14.9 Å². The minimum atomic E-state index is -0.382. The highest BCUT2D eigenvalue weighted by atomic mass is 32.1. The molecule has 1 aliphatic heterocycles. The molecule has 1 aliphatic rings. The minimum absolute atomic E-state index is 0.276. The lowest BCUT2D eigenvalue weighted by Gasteiger charge is -2.29. The SMILES string of the molecule is COc1ccc(N2CCOCC2)c2sc(NC(=O)c3cc[nH]c(=O)c3)nc12. The lowest BCUT2D eigenvalue weighted by molar-refractivity contribution is 0.102. The Kier molecular flexibility index (Phi) is 4.78. The Morgan fingerprint density at radius 2 is 2.15 bits per heavy atom. The zero-order valence-electron chi connectivity index (χ0n) is 14.7. The summed E-state index contributed by atoms with van der Waals surface area (Å²) in [7, 11) is 1.59. The van der Waals surface area contributed by atoms with Gasteiger partial charge in [0.15, 0.2) is 5.13 Å². The number of benzene rings is 1. The largest absolute Gasteiger partial charge is 0.494 e. The van der Waals surface area contributed by atoms with E-state index in [9.17, 15) is 9.59 Å². The molecule has 3 heterocycles. The smallest absolute Gasteiger partial charge is 0.257 e. The summed E-state index contributed by atoms with van der Waals surface area (Å²) in [6.45, 7) is 2.96. The lowest BCUT2D eigenvalue weighted by Crippen LogP contribution is -2.36. The molecule has 2 N–H and O–H groups in total. The number of aromatic amines is 1. The van der Waals surface area contributed by atoms with Gasteiger partial charge in [0.2, 0.25) is 5.56 Å². The van der Waals surface area contributed by atoms with Crippen LogP contribution >= 0.6 is 11.3 Å². The van der Waals surface area contributed by atoms with Crippen LogP contribution in [0.1, 0.15) is 10.4 Å². The van der Waals surface area contributed by atoms with Gasteiger partial charge in [-0.1, -0.05) is 11.3 Å². The number of hydrogen-bond acceptors (Lipinski definition) is 7. The van der Waals surface area contributed by atoms with Crippen molar-refractivity contribution in [1.82, 2.24) is 9.97 Å². The third-order valence-corrected chi connectivity index (χ3v) is 5.31. The van der Waals surface area contributed by atoms with Crippen molar-refractivity contribution in [2.45, 2.75) is 0 Å². The van der Waals surface area contributed by atoms with E-state index >= 15 is 0 Å². The number of thiazole rings is 1. The molecule has 140 valence electrons. The van der Waals surface area contributed by atoms with E-state index in [1.807, 2.05) is 12.1 Å². The molecule has 0 bridgehead atoms. The molecule has 8 nitrogen and oxygen atoms in total. The number of nitrogens with one attached hydrogen (secondary N) is 2. The second-order valence-electron chi connectivity index (χ2n) is 5.98. The third-order valence-electron chi connectivity index (χ3n) is 4.32. The van der Waals surface area contributed by atoms with Crippen LogP contribution < -0.4 is 20.5 Å². The Hall–Kier alpha value is -2.91. The van der Waals surface area contributed by atoms with Gasteiger partial charge in [0.05, 0.1) is 30.7 Å². The topological polar surface area (TPSA) is 96.5 Å². The molecule has 27 heavy (non-hydrogen) atoms. The van der Waals surface area contributed by atoms with Gasteiger partial charge in [-0.05, 0) is 18.2 Å². The first-order valence-corrected chi connectivity index (χ1v) is 9.27. The standard InChI is InChI=1S/C18H18N4O4S/c1-25-13-3-2-12(22-6-8-26-9-7-22)16-15(13)20-18(27-16)21-17(24)11-4-5-19-14(23)10-11/h2-5,10H,6-9H2,1H3,(H,19,23)(H,20,21,24). The molecule has 0 saturated carbocycles. The van der Waals surface area contributed by atoms with E-state index in [0.717, 1.165) is 23.5 Å². The van der Waals surface area contributed by atoms with Crippen molar-refractivity contribution < 1.29 is 14.3 Å². The van der Waals surface area contributed by atoms with Gasteiger partial charge in [-0.15, -0.1) is 0 Å². The van der Waals surface area contributed by atoms with Crippen molar-refractivity contribution in [2.75, 3.05) is 43.6 Å². The summed E-state index contributed by atoms with van der Waals surface area (Å²) in [6.07, 6.45) is 1.44. The molecule has 1 saturated heterocycles. The number of amides is 1. The summed E-state index contributed by atoms with van der Waals surface area (Å²) in [5, 5.41) is 3.23. The Morgan fingerprint density at radius 3 is 2.89 bits per heavy atom. The van der Waals surface area contributed by atoms with Crippen LogP contribution in [0.5, 0.6) is 5.75 Å². The molecule has 9 heteroatoms. The summed E-state index contributed by atoms with van der Waals surface area (Å²) >= 11 is 1.38. The summed E-state index contributed by atoms with van der Waals surface area (Å²) in [4.78, 5) is 33.1. The summed E-state index contributed by atoms with van der Waals surface area (Å²) in [5.41, 5.74) is 1.69. The maximum absolute atomic E-state index is 12.4. The molecule has 0 radical (unpaired) electrons. The molecule has 1 amide bonds. The van der Waals surface area contributed by atoms with E-state index in [1.165, 1.54) is 23.6 Å². The molecular weight excluding hydrogens is 368 g/mol. The normalized spacial score (nSPS) is 14.3. The van der Waals surface area contributed by atoms with Gasteiger partial charge in [-0.25, -0.2) is 4.98 Å². The van der Waals surface area contributed by atoms with Crippen molar-refractivity contribution >= 4 is 38.3 Å². The highest BCUT2D eigenvalue weighted by Gasteiger charge is 2.20. The van der Waals surface area contributed by atoms with Crippen molar-refractivity contribution in [2.24, 2.45) is 0 Å². The van der Waals surface area contributed by atoms with E-state index in [2.05, 4.69) is 20.2 Å². The Labute approximate surface area is 158 Å². The van der Waals surface area contributed by atoms with Crippen molar-refractivity contribution in [3.8, 4) is 5.75 Å². The minimum Gasteiger partial charge on any atom is -0.494 e. The maximum atomic E-state index is 12.4.